The smallest absolute Gasteiger partial charge is 0.333 e. The fourth-order valence-electron chi connectivity index (χ4n) is 2.15. The van der Waals surface area contributed by atoms with Crippen LogP contribution in [0.15, 0.2) is 53.6 Å². The number of nitrogens with zero attached hydrogens (tertiary/aromatic N) is 1. The van der Waals surface area contributed by atoms with E-state index in [-0.39, 0.29) is 23.9 Å². The maximum absolute atomic E-state index is 12.4. The van der Waals surface area contributed by atoms with Gasteiger partial charge in [0.2, 0.25) is 0 Å². The van der Waals surface area contributed by atoms with E-state index in [1.54, 1.807) is 37.3 Å². The van der Waals surface area contributed by atoms with Gasteiger partial charge in [-0.1, -0.05) is 18.2 Å². The second kappa shape index (κ2) is 6.18. The maximum atomic E-state index is 12.4. The van der Waals surface area contributed by atoms with Gasteiger partial charge in [0.05, 0.1) is 12.3 Å². The highest BCUT2D eigenvalue weighted by molar-refractivity contribution is 6.31. The summed E-state index contributed by atoms with van der Waals surface area (Å²) in [7, 11) is 0. The Balaban J connectivity index is 1.71. The second-order valence-corrected chi connectivity index (χ2v) is 5.30. The zero-order valence-electron chi connectivity index (χ0n) is 12.5. The molecule has 0 bridgehead atoms. The van der Waals surface area contributed by atoms with Crippen LogP contribution in [-0.2, 0) is 23.9 Å². The fourth-order valence-corrected chi connectivity index (χ4v) is 2.15. The summed E-state index contributed by atoms with van der Waals surface area (Å²) < 4.78 is 10.00. The van der Waals surface area contributed by atoms with E-state index in [0.29, 0.717) is 12.3 Å². The first-order valence-electron chi connectivity index (χ1n) is 7.18. The highest BCUT2D eigenvalue weighted by Crippen LogP contribution is 2.23. The molecule has 2 aliphatic heterocycles. The molecule has 6 nitrogen and oxygen atoms in total. The average Bonchev–Trinajstić information content (AvgIpc) is 3.32. The first-order chi connectivity index (χ1) is 11.1. The SMILES string of the molecule is C/C(=C\C1=CC(=O)N(c2ccccc2)C1=O)C(=O)OCC1CO1. The van der Waals surface area contributed by atoms with Crippen LogP contribution in [0.2, 0.25) is 0 Å². The van der Waals surface area contributed by atoms with Gasteiger partial charge in [-0.2, -0.15) is 0 Å². The number of para-hydroxylation sites is 1. The molecular weight excluding hydrogens is 298 g/mol. The number of hydrogen-bond acceptors (Lipinski definition) is 5. The van der Waals surface area contributed by atoms with Crippen LogP contribution < -0.4 is 4.90 Å². The van der Waals surface area contributed by atoms with Gasteiger partial charge in [0.25, 0.3) is 11.8 Å². The lowest BCUT2D eigenvalue weighted by Gasteiger charge is -2.14. The molecule has 23 heavy (non-hydrogen) atoms. The molecule has 2 amide bonds. The number of carbonyl (C=O) groups excluding carboxylic acids is 3. The van der Waals surface area contributed by atoms with Gasteiger partial charge in [0, 0.05) is 17.2 Å². The molecule has 1 aromatic carbocycles. The third kappa shape index (κ3) is 3.37. The highest BCUT2D eigenvalue weighted by Gasteiger charge is 2.31. The number of rotatable bonds is 5. The van der Waals surface area contributed by atoms with Crippen molar-refractivity contribution in [2.24, 2.45) is 0 Å². The minimum absolute atomic E-state index is 0.0192. The molecule has 3 rings (SSSR count). The van der Waals surface area contributed by atoms with Crippen molar-refractivity contribution in [3.05, 3.63) is 53.6 Å². The van der Waals surface area contributed by atoms with Crippen LogP contribution in [-0.4, -0.2) is 37.1 Å². The topological polar surface area (TPSA) is 76.2 Å². The van der Waals surface area contributed by atoms with Crippen LogP contribution in [0.3, 0.4) is 0 Å². The third-order valence-electron chi connectivity index (χ3n) is 3.46. The molecule has 1 unspecified atom stereocenters. The number of carbonyl (C=O) groups is 3. The largest absolute Gasteiger partial charge is 0.459 e. The monoisotopic (exact) mass is 313 g/mol. The number of benzene rings is 1. The molecule has 118 valence electrons. The number of imide groups is 1. The van der Waals surface area contributed by atoms with Crippen molar-refractivity contribution in [3.63, 3.8) is 0 Å². The predicted molar refractivity (Wildman–Crippen MR) is 81.5 cm³/mol. The third-order valence-corrected chi connectivity index (χ3v) is 3.46. The standard InChI is InChI=1S/C17H15NO5/c1-11(17(21)23-10-14-9-22-14)7-12-8-15(19)18(16(12)20)13-5-3-2-4-6-13/h2-8,14H,9-10H2,1H3/b11-7+. The lowest BCUT2D eigenvalue weighted by atomic mass is 10.1. The lowest BCUT2D eigenvalue weighted by molar-refractivity contribution is -0.139. The van der Waals surface area contributed by atoms with E-state index in [2.05, 4.69) is 0 Å². The summed E-state index contributed by atoms with van der Waals surface area (Å²) in [5.74, 6) is -1.42. The molecule has 2 aliphatic rings. The molecule has 1 aromatic rings. The van der Waals surface area contributed by atoms with Crippen LogP contribution in [0, 0.1) is 0 Å². The summed E-state index contributed by atoms with van der Waals surface area (Å²) in [4.78, 5) is 37.3. The van der Waals surface area contributed by atoms with Crippen molar-refractivity contribution >= 4 is 23.5 Å². The van der Waals surface area contributed by atoms with E-state index >= 15 is 0 Å². The van der Waals surface area contributed by atoms with Crippen LogP contribution in [0.1, 0.15) is 6.92 Å². The van der Waals surface area contributed by atoms with Gasteiger partial charge >= 0.3 is 5.97 Å². The first kappa shape index (κ1) is 15.2. The Morgan fingerprint density at radius 2 is 2.04 bits per heavy atom. The lowest BCUT2D eigenvalue weighted by Crippen LogP contribution is -2.30. The van der Waals surface area contributed by atoms with Crippen LogP contribution in [0.4, 0.5) is 5.69 Å². The van der Waals surface area contributed by atoms with Crippen molar-refractivity contribution in [3.8, 4) is 0 Å². The van der Waals surface area contributed by atoms with Crippen molar-refractivity contribution in [1.82, 2.24) is 0 Å². The van der Waals surface area contributed by atoms with Crippen molar-refractivity contribution in [1.29, 1.82) is 0 Å². The summed E-state index contributed by atoms with van der Waals surface area (Å²) >= 11 is 0. The average molecular weight is 313 g/mol. The van der Waals surface area contributed by atoms with E-state index in [1.165, 1.54) is 12.2 Å². The molecular formula is C17H15NO5. The summed E-state index contributed by atoms with van der Waals surface area (Å²) in [6.07, 6.45) is 2.57. The number of anilines is 1. The van der Waals surface area contributed by atoms with E-state index < -0.39 is 17.8 Å². The van der Waals surface area contributed by atoms with Crippen LogP contribution >= 0.6 is 0 Å². The van der Waals surface area contributed by atoms with Crippen molar-refractivity contribution in [2.45, 2.75) is 13.0 Å². The van der Waals surface area contributed by atoms with Crippen LogP contribution in [0.5, 0.6) is 0 Å². The number of amides is 2. The molecule has 0 radical (unpaired) electrons. The zero-order chi connectivity index (χ0) is 16.4. The van der Waals surface area contributed by atoms with Crippen LogP contribution in [0.25, 0.3) is 0 Å². The fraction of sp³-hybridized carbons (Fsp3) is 0.235. The summed E-state index contributed by atoms with van der Waals surface area (Å²) in [5.41, 5.74) is 0.914. The number of epoxide rings is 1. The molecule has 0 aromatic heterocycles. The highest BCUT2D eigenvalue weighted by atomic mass is 16.6. The predicted octanol–water partition coefficient (Wildman–Crippen LogP) is 1.37. The zero-order valence-corrected chi connectivity index (χ0v) is 12.5. The summed E-state index contributed by atoms with van der Waals surface area (Å²) in [6, 6.07) is 8.63. The van der Waals surface area contributed by atoms with Gasteiger partial charge in [0.15, 0.2) is 0 Å². The molecule has 1 saturated heterocycles. The van der Waals surface area contributed by atoms with Crippen molar-refractivity contribution < 1.29 is 23.9 Å². The van der Waals surface area contributed by atoms with Gasteiger partial charge in [-0.3, -0.25) is 9.59 Å². The van der Waals surface area contributed by atoms with E-state index in [0.717, 1.165) is 4.90 Å². The molecule has 0 spiro atoms. The quantitative estimate of drug-likeness (QED) is 0.355. The van der Waals surface area contributed by atoms with E-state index in [4.69, 9.17) is 9.47 Å². The Morgan fingerprint density at radius 1 is 1.35 bits per heavy atom. The summed E-state index contributed by atoms with van der Waals surface area (Å²) in [5, 5.41) is 0. The minimum Gasteiger partial charge on any atom is -0.459 e. The Hall–Kier alpha value is -2.73. The minimum atomic E-state index is -0.528. The van der Waals surface area contributed by atoms with Gasteiger partial charge < -0.3 is 9.47 Å². The molecule has 0 saturated carbocycles. The summed E-state index contributed by atoms with van der Waals surface area (Å²) in [6.45, 7) is 2.34. The molecule has 2 heterocycles. The normalized spacial score (nSPS) is 20.6. The number of hydrogen-bond donors (Lipinski definition) is 0. The molecule has 0 aliphatic carbocycles. The molecule has 1 fully saturated rings. The second-order valence-electron chi connectivity index (χ2n) is 5.30. The van der Waals surface area contributed by atoms with Gasteiger partial charge in [-0.05, 0) is 25.1 Å². The van der Waals surface area contributed by atoms with E-state index in [9.17, 15) is 14.4 Å². The maximum Gasteiger partial charge on any atom is 0.333 e. The number of esters is 1. The first-order valence-corrected chi connectivity index (χ1v) is 7.18. The van der Waals surface area contributed by atoms with E-state index in [1.807, 2.05) is 0 Å². The molecule has 6 heteroatoms. The van der Waals surface area contributed by atoms with Gasteiger partial charge in [-0.15, -0.1) is 0 Å². The molecule has 0 N–H and O–H groups in total. The Labute approximate surface area is 133 Å². The Kier molecular flexibility index (Phi) is 4.08. The number of ether oxygens (including phenoxy) is 2. The van der Waals surface area contributed by atoms with Gasteiger partial charge in [-0.25, -0.2) is 9.69 Å². The van der Waals surface area contributed by atoms with Crippen molar-refractivity contribution in [2.75, 3.05) is 18.1 Å². The Bertz CT molecular complexity index is 716. The molecule has 1 atom stereocenters. The van der Waals surface area contributed by atoms with Gasteiger partial charge in [0.1, 0.15) is 12.7 Å². The Morgan fingerprint density at radius 3 is 2.70 bits per heavy atom.